The highest BCUT2D eigenvalue weighted by Crippen LogP contribution is 2.27. The van der Waals surface area contributed by atoms with E-state index in [1.54, 1.807) is 29.6 Å². The molecule has 134 valence electrons. The number of piperidine rings is 1. The first kappa shape index (κ1) is 16.5. The SMILES string of the molecule is O=C(NCc1cccnc1-n1ccnc1)C1(n2cccn2)CCNCC1. The number of hydrogen-bond donors (Lipinski definition) is 2. The molecule has 0 bridgehead atoms. The van der Waals surface area contributed by atoms with Crippen molar-refractivity contribution in [1.82, 2.24) is 34.9 Å². The minimum atomic E-state index is -0.647. The van der Waals surface area contributed by atoms with E-state index in [1.807, 2.05) is 35.2 Å². The first-order chi connectivity index (χ1) is 12.8. The predicted molar refractivity (Wildman–Crippen MR) is 95.5 cm³/mol. The first-order valence-corrected chi connectivity index (χ1v) is 8.71. The maximum atomic E-state index is 13.2. The van der Waals surface area contributed by atoms with Gasteiger partial charge in [0.25, 0.3) is 0 Å². The fourth-order valence-corrected chi connectivity index (χ4v) is 3.45. The largest absolute Gasteiger partial charge is 0.350 e. The van der Waals surface area contributed by atoms with Gasteiger partial charge in [-0.05, 0) is 38.1 Å². The van der Waals surface area contributed by atoms with Crippen molar-refractivity contribution in [2.45, 2.75) is 24.9 Å². The average molecular weight is 351 g/mol. The summed E-state index contributed by atoms with van der Waals surface area (Å²) < 4.78 is 3.64. The lowest BCUT2D eigenvalue weighted by Crippen LogP contribution is -2.54. The molecule has 8 nitrogen and oxygen atoms in total. The molecule has 0 aromatic carbocycles. The summed E-state index contributed by atoms with van der Waals surface area (Å²) in [7, 11) is 0. The highest BCUT2D eigenvalue weighted by molar-refractivity contribution is 5.84. The zero-order valence-electron chi connectivity index (χ0n) is 14.4. The second kappa shape index (κ2) is 7.09. The Morgan fingerprint density at radius 2 is 2.08 bits per heavy atom. The van der Waals surface area contributed by atoms with Crippen molar-refractivity contribution in [3.8, 4) is 5.82 Å². The van der Waals surface area contributed by atoms with Crippen LogP contribution in [0.1, 0.15) is 18.4 Å². The van der Waals surface area contributed by atoms with E-state index in [4.69, 9.17) is 0 Å². The van der Waals surface area contributed by atoms with Crippen molar-refractivity contribution in [2.24, 2.45) is 0 Å². The van der Waals surface area contributed by atoms with Gasteiger partial charge < -0.3 is 10.6 Å². The van der Waals surface area contributed by atoms with Crippen LogP contribution in [0.5, 0.6) is 0 Å². The molecule has 3 aromatic heterocycles. The maximum absolute atomic E-state index is 13.2. The molecule has 0 unspecified atom stereocenters. The molecule has 1 aliphatic rings. The first-order valence-electron chi connectivity index (χ1n) is 8.71. The minimum Gasteiger partial charge on any atom is -0.350 e. The van der Waals surface area contributed by atoms with Crippen LogP contribution in [-0.4, -0.2) is 43.3 Å². The van der Waals surface area contributed by atoms with Crippen LogP contribution in [0.25, 0.3) is 5.82 Å². The third-order valence-electron chi connectivity index (χ3n) is 4.85. The van der Waals surface area contributed by atoms with Crippen molar-refractivity contribution >= 4 is 5.91 Å². The Kier molecular flexibility index (Phi) is 4.49. The van der Waals surface area contributed by atoms with Crippen molar-refractivity contribution in [2.75, 3.05) is 13.1 Å². The van der Waals surface area contributed by atoms with E-state index in [2.05, 4.69) is 25.7 Å². The van der Waals surface area contributed by atoms with E-state index in [-0.39, 0.29) is 5.91 Å². The third-order valence-corrected chi connectivity index (χ3v) is 4.85. The summed E-state index contributed by atoms with van der Waals surface area (Å²) in [5.41, 5.74) is 0.287. The molecule has 0 aliphatic carbocycles. The highest BCUT2D eigenvalue weighted by Gasteiger charge is 2.41. The van der Waals surface area contributed by atoms with Crippen molar-refractivity contribution in [3.63, 3.8) is 0 Å². The summed E-state index contributed by atoms with van der Waals surface area (Å²) in [5.74, 6) is 0.756. The lowest BCUT2D eigenvalue weighted by molar-refractivity contribution is -0.132. The van der Waals surface area contributed by atoms with Gasteiger partial charge in [0.1, 0.15) is 17.7 Å². The Balaban J connectivity index is 1.55. The summed E-state index contributed by atoms with van der Waals surface area (Å²) >= 11 is 0. The molecule has 3 aromatic rings. The van der Waals surface area contributed by atoms with E-state index in [0.717, 1.165) is 24.5 Å². The number of aromatic nitrogens is 5. The number of carbonyl (C=O) groups is 1. The number of carbonyl (C=O) groups excluding carboxylic acids is 1. The number of nitrogens with one attached hydrogen (secondary N) is 2. The molecular formula is C18H21N7O. The van der Waals surface area contributed by atoms with Crippen LogP contribution >= 0.6 is 0 Å². The predicted octanol–water partition coefficient (Wildman–Crippen LogP) is 0.859. The molecule has 1 aliphatic heterocycles. The van der Waals surface area contributed by atoms with Gasteiger partial charge in [-0.25, -0.2) is 9.97 Å². The Morgan fingerprint density at radius 3 is 2.81 bits per heavy atom. The summed E-state index contributed by atoms with van der Waals surface area (Å²) in [4.78, 5) is 21.6. The third kappa shape index (κ3) is 2.99. The van der Waals surface area contributed by atoms with E-state index in [0.29, 0.717) is 19.4 Å². The molecular weight excluding hydrogens is 330 g/mol. The molecule has 1 amide bonds. The molecule has 0 saturated carbocycles. The molecule has 4 rings (SSSR count). The number of nitrogens with zero attached hydrogens (tertiary/aromatic N) is 5. The van der Waals surface area contributed by atoms with Gasteiger partial charge >= 0.3 is 0 Å². The summed E-state index contributed by atoms with van der Waals surface area (Å²) in [6, 6.07) is 5.69. The fourth-order valence-electron chi connectivity index (χ4n) is 3.45. The number of imidazole rings is 1. The van der Waals surface area contributed by atoms with Gasteiger partial charge in [-0.3, -0.25) is 14.0 Å². The van der Waals surface area contributed by atoms with Crippen LogP contribution in [0.4, 0.5) is 0 Å². The maximum Gasteiger partial charge on any atom is 0.248 e. The summed E-state index contributed by atoms with van der Waals surface area (Å²) in [5, 5.41) is 10.8. The zero-order chi connectivity index (χ0) is 17.8. The molecule has 4 heterocycles. The number of hydrogen-bond acceptors (Lipinski definition) is 5. The van der Waals surface area contributed by atoms with Gasteiger partial charge in [0.15, 0.2) is 0 Å². The quantitative estimate of drug-likeness (QED) is 0.712. The molecule has 26 heavy (non-hydrogen) atoms. The minimum absolute atomic E-state index is 0.0110. The Bertz CT molecular complexity index is 852. The molecule has 8 heteroatoms. The number of rotatable bonds is 5. The fraction of sp³-hybridized carbons (Fsp3) is 0.333. The van der Waals surface area contributed by atoms with Crippen LogP contribution in [-0.2, 0) is 16.9 Å². The second-order valence-corrected chi connectivity index (χ2v) is 6.37. The Labute approximate surface area is 151 Å². The van der Waals surface area contributed by atoms with E-state index in [9.17, 15) is 4.79 Å². The standard InChI is InChI=1S/C18H21N7O/c26-17(18(4-8-19-9-5-18)25-11-2-7-23-25)22-13-15-3-1-6-21-16(15)24-12-10-20-14-24/h1-3,6-7,10-12,14,19H,4-5,8-9,13H2,(H,22,26). The van der Waals surface area contributed by atoms with Crippen molar-refractivity contribution in [1.29, 1.82) is 0 Å². The van der Waals surface area contributed by atoms with E-state index in [1.165, 1.54) is 0 Å². The molecule has 0 spiro atoms. The highest BCUT2D eigenvalue weighted by atomic mass is 16.2. The topological polar surface area (TPSA) is 89.7 Å². The molecule has 0 radical (unpaired) electrons. The van der Waals surface area contributed by atoms with Gasteiger partial charge in [-0.2, -0.15) is 5.10 Å². The van der Waals surface area contributed by atoms with Gasteiger partial charge in [0, 0.05) is 43.1 Å². The van der Waals surface area contributed by atoms with Crippen LogP contribution in [0.15, 0.2) is 55.5 Å². The van der Waals surface area contributed by atoms with Gasteiger partial charge in [0.05, 0.1) is 0 Å². The molecule has 1 fully saturated rings. The van der Waals surface area contributed by atoms with Crippen LogP contribution in [0.3, 0.4) is 0 Å². The Hall–Kier alpha value is -3.00. The van der Waals surface area contributed by atoms with Crippen molar-refractivity contribution < 1.29 is 4.79 Å². The van der Waals surface area contributed by atoms with Crippen LogP contribution in [0.2, 0.25) is 0 Å². The summed E-state index contributed by atoms with van der Waals surface area (Å²) in [6.45, 7) is 1.98. The lowest BCUT2D eigenvalue weighted by Gasteiger charge is -2.36. The molecule has 0 atom stereocenters. The van der Waals surface area contributed by atoms with Gasteiger partial charge in [0.2, 0.25) is 5.91 Å². The van der Waals surface area contributed by atoms with Crippen LogP contribution < -0.4 is 10.6 Å². The van der Waals surface area contributed by atoms with E-state index >= 15 is 0 Å². The lowest BCUT2D eigenvalue weighted by atomic mass is 9.87. The number of pyridine rings is 1. The summed E-state index contributed by atoms with van der Waals surface area (Å²) in [6.07, 6.45) is 12.0. The second-order valence-electron chi connectivity index (χ2n) is 6.37. The smallest absolute Gasteiger partial charge is 0.248 e. The molecule has 2 N–H and O–H groups in total. The zero-order valence-corrected chi connectivity index (χ0v) is 14.4. The van der Waals surface area contributed by atoms with E-state index < -0.39 is 5.54 Å². The molecule has 1 saturated heterocycles. The van der Waals surface area contributed by atoms with Crippen molar-refractivity contribution in [3.05, 3.63) is 61.1 Å². The van der Waals surface area contributed by atoms with Crippen LogP contribution in [0, 0.1) is 0 Å². The average Bonchev–Trinajstić information content (AvgIpc) is 3.41. The van der Waals surface area contributed by atoms with Gasteiger partial charge in [-0.1, -0.05) is 6.07 Å². The van der Waals surface area contributed by atoms with Gasteiger partial charge in [-0.15, -0.1) is 0 Å². The number of amides is 1. The normalized spacial score (nSPS) is 16.3. The monoisotopic (exact) mass is 351 g/mol. The Morgan fingerprint density at radius 1 is 1.19 bits per heavy atom.